The first-order valence-corrected chi connectivity index (χ1v) is 12.0. The lowest BCUT2D eigenvalue weighted by molar-refractivity contribution is 0.0793. The number of carbonyl (C=O) groups excluding carboxylic acids is 1. The summed E-state index contributed by atoms with van der Waals surface area (Å²) in [5, 5.41) is 28.9. The highest BCUT2D eigenvalue weighted by Gasteiger charge is 2.27. The van der Waals surface area contributed by atoms with Crippen molar-refractivity contribution >= 4 is 22.5 Å². The lowest BCUT2D eigenvalue weighted by Gasteiger charge is -2.27. The van der Waals surface area contributed by atoms with Crippen molar-refractivity contribution in [3.05, 3.63) is 53.5 Å². The zero-order valence-electron chi connectivity index (χ0n) is 19.3. The minimum Gasteiger partial charge on any atom is -0.396 e. The molecule has 2 fully saturated rings. The van der Waals surface area contributed by atoms with E-state index in [9.17, 15) is 15.0 Å². The Labute approximate surface area is 193 Å². The third-order valence-electron chi connectivity index (χ3n) is 7.02. The molecule has 33 heavy (non-hydrogen) atoms. The van der Waals surface area contributed by atoms with Crippen LogP contribution in [0, 0.1) is 5.92 Å². The number of aliphatic hydroxyl groups excluding tert-OH is 1. The van der Waals surface area contributed by atoms with Gasteiger partial charge in [0.25, 0.3) is 5.91 Å². The first kappa shape index (κ1) is 22.0. The van der Waals surface area contributed by atoms with Crippen molar-refractivity contribution in [2.75, 3.05) is 11.9 Å². The van der Waals surface area contributed by atoms with Gasteiger partial charge in [-0.2, -0.15) is 5.10 Å². The van der Waals surface area contributed by atoms with Crippen molar-refractivity contribution in [1.82, 2.24) is 14.8 Å². The Balaban J connectivity index is 1.44. The fraction of sp³-hybridized carbons (Fsp3) is 0.500. The van der Waals surface area contributed by atoms with Crippen LogP contribution in [0.15, 0.2) is 36.5 Å². The third kappa shape index (κ3) is 4.66. The van der Waals surface area contributed by atoms with E-state index in [0.717, 1.165) is 55.1 Å². The molecule has 0 unspecified atom stereocenters. The summed E-state index contributed by atoms with van der Waals surface area (Å²) in [6, 6.07) is 9.65. The van der Waals surface area contributed by atoms with E-state index in [2.05, 4.69) is 10.3 Å². The number of benzene rings is 1. The van der Waals surface area contributed by atoms with Gasteiger partial charge in [0.2, 0.25) is 0 Å². The van der Waals surface area contributed by atoms with Crippen molar-refractivity contribution in [3.63, 3.8) is 0 Å². The Kier molecular flexibility index (Phi) is 5.70. The molecule has 5 rings (SSSR count). The molecule has 3 N–H and O–H groups in total. The number of carbonyl (C=O) groups is 1. The van der Waals surface area contributed by atoms with Gasteiger partial charge < -0.3 is 15.5 Å². The molecule has 3 aromatic rings. The van der Waals surface area contributed by atoms with E-state index in [1.54, 1.807) is 19.9 Å². The number of pyridine rings is 1. The van der Waals surface area contributed by atoms with Gasteiger partial charge in [-0.1, -0.05) is 6.07 Å². The maximum atomic E-state index is 13.0. The molecule has 2 saturated carbocycles. The summed E-state index contributed by atoms with van der Waals surface area (Å²) in [4.78, 5) is 17.6. The van der Waals surface area contributed by atoms with Gasteiger partial charge in [-0.15, -0.1) is 0 Å². The van der Waals surface area contributed by atoms with Crippen molar-refractivity contribution in [1.29, 1.82) is 0 Å². The largest absolute Gasteiger partial charge is 0.396 e. The molecular formula is C26H32N4O3. The molecule has 2 heterocycles. The average molecular weight is 449 g/mol. The minimum absolute atomic E-state index is 0.254. The summed E-state index contributed by atoms with van der Waals surface area (Å²) in [7, 11) is 0. The zero-order chi connectivity index (χ0) is 23.2. The number of amides is 1. The van der Waals surface area contributed by atoms with Crippen LogP contribution in [-0.2, 0) is 5.60 Å². The lowest BCUT2D eigenvalue weighted by atomic mass is 9.87. The van der Waals surface area contributed by atoms with Gasteiger partial charge in [0.15, 0.2) is 0 Å². The van der Waals surface area contributed by atoms with E-state index in [4.69, 9.17) is 5.10 Å². The topological polar surface area (TPSA) is 100 Å². The van der Waals surface area contributed by atoms with E-state index < -0.39 is 5.60 Å². The summed E-state index contributed by atoms with van der Waals surface area (Å²) >= 11 is 0. The number of rotatable bonds is 6. The molecule has 0 bridgehead atoms. The van der Waals surface area contributed by atoms with Gasteiger partial charge in [0.1, 0.15) is 5.69 Å². The average Bonchev–Trinajstić information content (AvgIpc) is 3.57. The van der Waals surface area contributed by atoms with Crippen molar-refractivity contribution in [3.8, 4) is 0 Å². The first-order valence-electron chi connectivity index (χ1n) is 12.0. The normalized spacial score (nSPS) is 21.3. The highest BCUT2D eigenvalue weighted by atomic mass is 16.3. The van der Waals surface area contributed by atoms with Crippen molar-refractivity contribution in [2.24, 2.45) is 5.92 Å². The quantitative estimate of drug-likeness (QED) is 0.515. The number of nitrogens with zero attached hydrogens (tertiary/aromatic N) is 3. The van der Waals surface area contributed by atoms with Gasteiger partial charge in [-0.25, -0.2) is 4.98 Å². The van der Waals surface area contributed by atoms with Crippen molar-refractivity contribution < 1.29 is 15.0 Å². The predicted molar refractivity (Wildman–Crippen MR) is 127 cm³/mol. The summed E-state index contributed by atoms with van der Waals surface area (Å²) in [5.74, 6) is 0.582. The Bertz CT molecular complexity index is 1170. The summed E-state index contributed by atoms with van der Waals surface area (Å²) in [6.07, 6.45) is 8.26. The molecule has 1 amide bonds. The van der Waals surface area contributed by atoms with E-state index in [1.165, 1.54) is 0 Å². The van der Waals surface area contributed by atoms with Crippen LogP contribution >= 0.6 is 0 Å². The Morgan fingerprint density at radius 3 is 2.58 bits per heavy atom. The SMILES string of the molecule is CC(C)(O)c1cc2nn([C@H]3CC[C@H](CO)CC3)cc2cc1NC(=O)c1cccc(C2CC2)n1. The molecule has 0 spiro atoms. The minimum atomic E-state index is -1.15. The van der Waals surface area contributed by atoms with Gasteiger partial charge in [0, 0.05) is 41.1 Å². The maximum absolute atomic E-state index is 13.0. The zero-order valence-corrected chi connectivity index (χ0v) is 19.3. The van der Waals surface area contributed by atoms with E-state index >= 15 is 0 Å². The van der Waals surface area contributed by atoms with Crippen LogP contribution in [0.3, 0.4) is 0 Å². The highest BCUT2D eigenvalue weighted by Crippen LogP contribution is 2.39. The summed E-state index contributed by atoms with van der Waals surface area (Å²) in [5.41, 5.74) is 2.19. The Morgan fingerprint density at radius 1 is 1.15 bits per heavy atom. The Morgan fingerprint density at radius 2 is 1.91 bits per heavy atom. The molecule has 2 aliphatic carbocycles. The molecule has 0 radical (unpaired) electrons. The van der Waals surface area contributed by atoms with Gasteiger partial charge in [0.05, 0.1) is 17.2 Å². The van der Waals surface area contributed by atoms with Gasteiger partial charge in [-0.05, 0) is 82.6 Å². The van der Waals surface area contributed by atoms with E-state index in [-0.39, 0.29) is 12.5 Å². The second-order valence-electron chi connectivity index (χ2n) is 10.2. The number of aliphatic hydroxyl groups is 2. The smallest absolute Gasteiger partial charge is 0.274 e. The van der Waals surface area contributed by atoms with Gasteiger partial charge >= 0.3 is 0 Å². The molecule has 0 aliphatic heterocycles. The number of aromatic nitrogens is 3. The fourth-order valence-electron chi connectivity index (χ4n) is 4.85. The standard InChI is InChI=1S/C26H32N4O3/c1-26(2,33)20-13-23-18(14-30(29-23)19-10-6-16(15-31)7-11-19)12-24(20)28-25(32)22-5-3-4-21(27-22)17-8-9-17/h3-5,12-14,16-17,19,31,33H,6-11,15H2,1-2H3,(H,28,32)/t16-,19-. The molecule has 174 valence electrons. The summed E-state index contributed by atoms with van der Waals surface area (Å²) < 4.78 is 2.01. The number of nitrogens with one attached hydrogen (secondary N) is 1. The molecule has 0 saturated heterocycles. The molecular weight excluding hydrogens is 416 g/mol. The van der Waals surface area contributed by atoms with Crippen LogP contribution in [0.2, 0.25) is 0 Å². The van der Waals surface area contributed by atoms with Crippen LogP contribution in [0.5, 0.6) is 0 Å². The molecule has 2 aromatic heterocycles. The third-order valence-corrected chi connectivity index (χ3v) is 7.02. The van der Waals surface area contributed by atoms with Crippen LogP contribution < -0.4 is 5.32 Å². The van der Waals surface area contributed by atoms with Crippen molar-refractivity contribution in [2.45, 2.75) is 69.9 Å². The Hall–Kier alpha value is -2.77. The first-order chi connectivity index (χ1) is 15.8. The molecule has 1 aromatic carbocycles. The number of anilines is 1. The maximum Gasteiger partial charge on any atom is 0.274 e. The second kappa shape index (κ2) is 8.54. The summed E-state index contributed by atoms with van der Waals surface area (Å²) in [6.45, 7) is 3.68. The second-order valence-corrected chi connectivity index (χ2v) is 10.2. The van der Waals surface area contributed by atoms with Crippen LogP contribution in [0.4, 0.5) is 5.69 Å². The molecule has 7 heteroatoms. The highest BCUT2D eigenvalue weighted by molar-refractivity contribution is 6.04. The molecule has 2 aliphatic rings. The lowest BCUT2D eigenvalue weighted by Crippen LogP contribution is -2.21. The number of hydrogen-bond acceptors (Lipinski definition) is 5. The predicted octanol–water partition coefficient (Wildman–Crippen LogP) is 4.51. The van der Waals surface area contributed by atoms with Crippen LogP contribution in [-0.4, -0.2) is 37.5 Å². The monoisotopic (exact) mass is 448 g/mol. The fourth-order valence-corrected chi connectivity index (χ4v) is 4.85. The van der Waals surface area contributed by atoms with Crippen LogP contribution in [0.1, 0.15) is 86.1 Å². The van der Waals surface area contributed by atoms with E-state index in [0.29, 0.717) is 34.8 Å². The number of fused-ring (bicyclic) bond motifs is 1. The van der Waals surface area contributed by atoms with Crippen LogP contribution in [0.25, 0.3) is 10.9 Å². The van der Waals surface area contributed by atoms with Gasteiger partial charge in [-0.3, -0.25) is 9.48 Å². The van der Waals surface area contributed by atoms with E-state index in [1.807, 2.05) is 35.1 Å². The molecule has 7 nitrogen and oxygen atoms in total. The number of hydrogen-bond donors (Lipinski definition) is 3. The molecule has 0 atom stereocenters.